The zero-order valence-electron chi connectivity index (χ0n) is 15.9. The van der Waals surface area contributed by atoms with Gasteiger partial charge in [-0.15, -0.1) is 5.06 Å². The SMILES string of the molecule is O=C(N[C@@H]1CCN(C(=O)OCc2ccccc2)CCOC1)ON1C(=O)CCC1=O. The van der Waals surface area contributed by atoms with E-state index >= 15 is 0 Å². The number of benzene rings is 1. The highest BCUT2D eigenvalue weighted by molar-refractivity contribution is 6.01. The van der Waals surface area contributed by atoms with E-state index in [1.807, 2.05) is 30.3 Å². The summed E-state index contributed by atoms with van der Waals surface area (Å²) in [5.74, 6) is -1.10. The monoisotopic (exact) mass is 405 g/mol. The van der Waals surface area contributed by atoms with Crippen molar-refractivity contribution in [2.75, 3.05) is 26.3 Å². The lowest BCUT2D eigenvalue weighted by Crippen LogP contribution is -2.47. The molecule has 0 radical (unpaired) electrons. The molecule has 2 fully saturated rings. The maximum absolute atomic E-state index is 12.3. The number of amides is 4. The lowest BCUT2D eigenvalue weighted by Gasteiger charge is -2.28. The number of hydrogen-bond acceptors (Lipinski definition) is 7. The van der Waals surface area contributed by atoms with E-state index < -0.39 is 30.0 Å². The fourth-order valence-electron chi connectivity index (χ4n) is 2.95. The second-order valence-electron chi connectivity index (χ2n) is 6.69. The molecule has 1 aromatic rings. The molecule has 10 nitrogen and oxygen atoms in total. The Kier molecular flexibility index (Phi) is 7.01. The van der Waals surface area contributed by atoms with Gasteiger partial charge in [-0.1, -0.05) is 30.3 Å². The first kappa shape index (κ1) is 20.6. The Balaban J connectivity index is 1.45. The van der Waals surface area contributed by atoms with Crippen LogP contribution in [0.4, 0.5) is 9.59 Å². The van der Waals surface area contributed by atoms with E-state index in [2.05, 4.69) is 5.32 Å². The van der Waals surface area contributed by atoms with Gasteiger partial charge in [-0.2, -0.15) is 0 Å². The van der Waals surface area contributed by atoms with E-state index in [1.165, 1.54) is 4.90 Å². The number of nitrogens with zero attached hydrogens (tertiary/aromatic N) is 2. The standard InChI is InChI=1S/C19H23N3O7/c23-16-6-7-17(24)22(16)29-18(25)20-15-8-9-21(10-11-27-13-15)19(26)28-12-14-4-2-1-3-5-14/h1-5,15H,6-13H2,(H,20,25)/t15-/m1/s1. The van der Waals surface area contributed by atoms with E-state index in [0.717, 1.165) is 5.56 Å². The molecule has 0 spiro atoms. The van der Waals surface area contributed by atoms with Crippen molar-refractivity contribution < 1.29 is 33.5 Å². The van der Waals surface area contributed by atoms with Gasteiger partial charge in [-0.25, -0.2) is 9.59 Å². The molecule has 2 saturated heterocycles. The molecule has 156 valence electrons. The molecule has 0 bridgehead atoms. The van der Waals surface area contributed by atoms with E-state index in [4.69, 9.17) is 14.3 Å². The Bertz CT molecular complexity index is 739. The first-order valence-electron chi connectivity index (χ1n) is 9.40. The second kappa shape index (κ2) is 9.87. The van der Waals surface area contributed by atoms with Crippen molar-refractivity contribution in [2.24, 2.45) is 0 Å². The average molecular weight is 405 g/mol. The molecule has 2 heterocycles. The highest BCUT2D eigenvalue weighted by atomic mass is 16.7. The van der Waals surface area contributed by atoms with Crippen LogP contribution in [-0.4, -0.2) is 66.3 Å². The molecule has 2 aliphatic heterocycles. The van der Waals surface area contributed by atoms with Crippen LogP contribution in [-0.2, 0) is 30.5 Å². The molecular formula is C19H23N3O7. The summed E-state index contributed by atoms with van der Waals surface area (Å²) in [4.78, 5) is 53.6. The van der Waals surface area contributed by atoms with Crippen LogP contribution in [0.15, 0.2) is 30.3 Å². The molecular weight excluding hydrogens is 382 g/mol. The van der Waals surface area contributed by atoms with E-state index in [-0.39, 0.29) is 32.7 Å². The Morgan fingerprint density at radius 1 is 1.10 bits per heavy atom. The van der Waals surface area contributed by atoms with Gasteiger partial charge in [0.2, 0.25) is 0 Å². The summed E-state index contributed by atoms with van der Waals surface area (Å²) in [5.41, 5.74) is 0.887. The molecule has 0 aromatic heterocycles. The Hall–Kier alpha value is -3.14. The number of imide groups is 1. The zero-order chi connectivity index (χ0) is 20.6. The average Bonchev–Trinajstić information content (AvgIpc) is 3.01. The van der Waals surface area contributed by atoms with Gasteiger partial charge in [-0.3, -0.25) is 9.59 Å². The lowest BCUT2D eigenvalue weighted by molar-refractivity contribution is -0.171. The largest absolute Gasteiger partial charge is 0.445 e. The smallest absolute Gasteiger partial charge is 0.432 e. The first-order valence-corrected chi connectivity index (χ1v) is 9.40. The number of hydrogen-bond donors (Lipinski definition) is 1. The van der Waals surface area contributed by atoms with Crippen molar-refractivity contribution in [3.05, 3.63) is 35.9 Å². The zero-order valence-corrected chi connectivity index (χ0v) is 15.9. The van der Waals surface area contributed by atoms with Crippen molar-refractivity contribution in [1.82, 2.24) is 15.3 Å². The molecule has 1 atom stereocenters. The molecule has 0 unspecified atom stereocenters. The number of carbonyl (C=O) groups is 4. The summed E-state index contributed by atoms with van der Waals surface area (Å²) in [6.07, 6.45) is -0.926. The van der Waals surface area contributed by atoms with Crippen molar-refractivity contribution >= 4 is 24.0 Å². The van der Waals surface area contributed by atoms with Gasteiger partial charge in [0.15, 0.2) is 0 Å². The topological polar surface area (TPSA) is 114 Å². The van der Waals surface area contributed by atoms with E-state index in [0.29, 0.717) is 24.6 Å². The minimum atomic E-state index is -0.916. The van der Waals surface area contributed by atoms with Crippen LogP contribution < -0.4 is 5.32 Å². The molecule has 0 aliphatic carbocycles. The highest BCUT2D eigenvalue weighted by Crippen LogP contribution is 2.13. The lowest BCUT2D eigenvalue weighted by atomic mass is 10.2. The van der Waals surface area contributed by atoms with Crippen LogP contribution in [0.3, 0.4) is 0 Å². The summed E-state index contributed by atoms with van der Waals surface area (Å²) in [6.45, 7) is 1.41. The molecule has 10 heteroatoms. The van der Waals surface area contributed by atoms with Crippen LogP contribution in [0.1, 0.15) is 24.8 Å². The van der Waals surface area contributed by atoms with Crippen molar-refractivity contribution in [3.63, 3.8) is 0 Å². The van der Waals surface area contributed by atoms with Crippen molar-refractivity contribution in [1.29, 1.82) is 0 Å². The summed E-state index contributed by atoms with van der Waals surface area (Å²) in [6, 6.07) is 8.91. The third-order valence-corrected chi connectivity index (χ3v) is 4.54. The van der Waals surface area contributed by atoms with Crippen LogP contribution in [0.5, 0.6) is 0 Å². The van der Waals surface area contributed by atoms with E-state index in [9.17, 15) is 19.2 Å². The maximum atomic E-state index is 12.3. The van der Waals surface area contributed by atoms with Crippen LogP contribution >= 0.6 is 0 Å². The van der Waals surface area contributed by atoms with Gasteiger partial charge in [-0.05, 0) is 12.0 Å². The van der Waals surface area contributed by atoms with Gasteiger partial charge in [0.25, 0.3) is 11.8 Å². The first-order chi connectivity index (χ1) is 14.0. The van der Waals surface area contributed by atoms with Crippen molar-refractivity contribution in [2.45, 2.75) is 31.9 Å². The Morgan fingerprint density at radius 2 is 1.83 bits per heavy atom. The third-order valence-electron chi connectivity index (χ3n) is 4.54. The van der Waals surface area contributed by atoms with Crippen LogP contribution in [0, 0.1) is 0 Å². The van der Waals surface area contributed by atoms with Crippen LogP contribution in [0.25, 0.3) is 0 Å². The molecule has 1 aromatic carbocycles. The summed E-state index contributed by atoms with van der Waals surface area (Å²) in [7, 11) is 0. The second-order valence-corrected chi connectivity index (χ2v) is 6.69. The minimum absolute atomic E-state index is 0.0265. The van der Waals surface area contributed by atoms with Gasteiger partial charge in [0, 0.05) is 25.9 Å². The molecule has 0 saturated carbocycles. The summed E-state index contributed by atoms with van der Waals surface area (Å²) >= 11 is 0. The molecule has 2 aliphatic rings. The quantitative estimate of drug-likeness (QED) is 0.749. The van der Waals surface area contributed by atoms with Crippen LogP contribution in [0.2, 0.25) is 0 Å². The summed E-state index contributed by atoms with van der Waals surface area (Å²) in [5, 5.41) is 3.04. The normalized spacial score (nSPS) is 20.1. The highest BCUT2D eigenvalue weighted by Gasteiger charge is 2.33. The predicted octanol–water partition coefficient (Wildman–Crippen LogP) is 1.20. The Morgan fingerprint density at radius 3 is 2.55 bits per heavy atom. The number of rotatable bonds is 4. The van der Waals surface area contributed by atoms with Gasteiger partial charge in [0.05, 0.1) is 19.3 Å². The molecule has 29 heavy (non-hydrogen) atoms. The number of carbonyl (C=O) groups excluding carboxylic acids is 4. The molecule has 4 amide bonds. The molecule has 3 rings (SSSR count). The van der Waals surface area contributed by atoms with Gasteiger partial charge < -0.3 is 24.5 Å². The third kappa shape index (κ3) is 5.92. The Labute approximate surface area is 167 Å². The van der Waals surface area contributed by atoms with Gasteiger partial charge >= 0.3 is 12.2 Å². The number of ether oxygens (including phenoxy) is 2. The molecule has 1 N–H and O–H groups in total. The fraction of sp³-hybridized carbons (Fsp3) is 0.474. The number of hydroxylamine groups is 2. The summed E-state index contributed by atoms with van der Waals surface area (Å²) < 4.78 is 10.8. The minimum Gasteiger partial charge on any atom is -0.445 e. The van der Waals surface area contributed by atoms with Gasteiger partial charge in [0.1, 0.15) is 6.61 Å². The predicted molar refractivity (Wildman–Crippen MR) is 98.1 cm³/mol. The fourth-order valence-corrected chi connectivity index (χ4v) is 2.95. The number of nitrogens with one attached hydrogen (secondary N) is 1. The van der Waals surface area contributed by atoms with E-state index in [1.54, 1.807) is 0 Å². The van der Waals surface area contributed by atoms with Crippen molar-refractivity contribution in [3.8, 4) is 0 Å². The maximum Gasteiger partial charge on any atom is 0.432 e.